The van der Waals surface area contributed by atoms with Crippen LogP contribution in [0.4, 0.5) is 5.69 Å². The molecule has 180 valence electrons. The van der Waals surface area contributed by atoms with E-state index in [0.717, 1.165) is 29.1 Å². The van der Waals surface area contributed by atoms with Gasteiger partial charge in [-0.2, -0.15) is 0 Å². The number of anilines is 1. The number of nitrogens with two attached hydrogens (primary N) is 1. The molecule has 0 radical (unpaired) electrons. The summed E-state index contributed by atoms with van der Waals surface area (Å²) in [5.74, 6) is -1.07. The molecule has 2 aromatic carbocycles. The first-order chi connectivity index (χ1) is 16.5. The van der Waals surface area contributed by atoms with Gasteiger partial charge >= 0.3 is 0 Å². The molecular formula is C25H24N4O4S2. The fraction of sp³-hybridized carbons (Fsp3) is 0.160. The Bertz CT molecular complexity index is 1490. The zero-order valence-electron chi connectivity index (χ0n) is 19.4. The maximum atomic E-state index is 13.3. The number of nitrogens with zero attached hydrogens (tertiary/aromatic N) is 2. The van der Waals surface area contributed by atoms with Gasteiger partial charge in [-0.25, -0.2) is 13.6 Å². The number of amides is 2. The van der Waals surface area contributed by atoms with Crippen molar-refractivity contribution in [2.45, 2.75) is 32.1 Å². The smallest absolute Gasteiger partial charge is 0.270 e. The molecule has 3 aromatic rings. The van der Waals surface area contributed by atoms with Crippen molar-refractivity contribution in [3.63, 3.8) is 0 Å². The minimum absolute atomic E-state index is 0.0126. The van der Waals surface area contributed by atoms with Gasteiger partial charge in [0, 0.05) is 17.1 Å². The third-order valence-corrected chi connectivity index (χ3v) is 7.11. The number of thiocarbonyl (C=S) groups is 1. The van der Waals surface area contributed by atoms with Gasteiger partial charge in [-0.15, -0.1) is 0 Å². The highest BCUT2D eigenvalue weighted by Crippen LogP contribution is 2.27. The van der Waals surface area contributed by atoms with Crippen LogP contribution in [0.3, 0.4) is 0 Å². The number of carbonyl (C=O) groups excluding carboxylic acids is 2. The molecule has 4 rings (SSSR count). The first-order valence-electron chi connectivity index (χ1n) is 10.8. The summed E-state index contributed by atoms with van der Waals surface area (Å²) in [4.78, 5) is 27.4. The molecule has 2 heterocycles. The lowest BCUT2D eigenvalue weighted by Crippen LogP contribution is -2.54. The lowest BCUT2D eigenvalue weighted by Gasteiger charge is -2.29. The van der Waals surface area contributed by atoms with E-state index in [4.69, 9.17) is 17.4 Å². The third kappa shape index (κ3) is 4.68. The van der Waals surface area contributed by atoms with Crippen molar-refractivity contribution in [1.29, 1.82) is 0 Å². The van der Waals surface area contributed by atoms with Crippen LogP contribution < -0.4 is 15.4 Å². The summed E-state index contributed by atoms with van der Waals surface area (Å²) in [5, 5.41) is 7.83. The van der Waals surface area contributed by atoms with Crippen LogP contribution in [0.15, 0.2) is 65.1 Å². The van der Waals surface area contributed by atoms with Crippen LogP contribution in [0.1, 0.15) is 29.4 Å². The van der Waals surface area contributed by atoms with Gasteiger partial charge in [-0.3, -0.25) is 19.8 Å². The SMILES string of the molecule is CCc1ccc(N2C(=O)C(=Cc3cc(C)n(-c4ccc(S(N)(=O)=O)cc4)c3C)C(=O)NC2=S)cc1. The number of sulfonamides is 1. The summed E-state index contributed by atoms with van der Waals surface area (Å²) in [6, 6.07) is 15.4. The van der Waals surface area contributed by atoms with Crippen LogP contribution >= 0.6 is 12.2 Å². The summed E-state index contributed by atoms with van der Waals surface area (Å²) < 4.78 is 25.0. The molecule has 1 aliphatic rings. The fourth-order valence-corrected chi connectivity index (χ4v) is 4.84. The number of primary sulfonamides is 1. The Hall–Kier alpha value is -3.60. The van der Waals surface area contributed by atoms with Gasteiger partial charge in [0.1, 0.15) is 5.57 Å². The molecule has 35 heavy (non-hydrogen) atoms. The second-order valence-corrected chi connectivity index (χ2v) is 10.1. The third-order valence-electron chi connectivity index (χ3n) is 5.90. The quantitative estimate of drug-likeness (QED) is 0.312. The Morgan fingerprint density at radius 3 is 2.17 bits per heavy atom. The van der Waals surface area contributed by atoms with E-state index < -0.39 is 21.8 Å². The van der Waals surface area contributed by atoms with Crippen LogP contribution in [-0.2, 0) is 26.0 Å². The molecule has 0 atom stereocenters. The second kappa shape index (κ2) is 9.21. The van der Waals surface area contributed by atoms with Crippen LogP contribution in [-0.4, -0.2) is 29.9 Å². The standard InChI is InChI=1S/C25H24N4O4S2/c1-4-17-5-7-20(8-6-17)29-24(31)22(23(30)27-25(29)34)14-18-13-15(2)28(16(18)3)19-9-11-21(12-10-19)35(26,32)33/h5-14H,4H2,1-3H3,(H2,26,32,33)(H,27,30,34). The summed E-state index contributed by atoms with van der Waals surface area (Å²) >= 11 is 5.28. The molecule has 10 heteroatoms. The van der Waals surface area contributed by atoms with Crippen molar-refractivity contribution < 1.29 is 18.0 Å². The number of hydrogen-bond acceptors (Lipinski definition) is 5. The largest absolute Gasteiger partial charge is 0.318 e. The van der Waals surface area contributed by atoms with Crippen molar-refractivity contribution in [3.8, 4) is 5.69 Å². The Morgan fingerprint density at radius 2 is 1.60 bits per heavy atom. The van der Waals surface area contributed by atoms with Crippen LogP contribution in [0.2, 0.25) is 0 Å². The lowest BCUT2D eigenvalue weighted by atomic mass is 10.1. The van der Waals surface area contributed by atoms with Gasteiger partial charge in [-0.1, -0.05) is 19.1 Å². The maximum absolute atomic E-state index is 13.3. The first-order valence-corrected chi connectivity index (χ1v) is 12.8. The van der Waals surface area contributed by atoms with Crippen molar-refractivity contribution in [2.24, 2.45) is 5.14 Å². The van der Waals surface area contributed by atoms with E-state index in [1.165, 1.54) is 17.0 Å². The molecule has 1 aromatic heterocycles. The molecule has 1 saturated heterocycles. The Kier molecular flexibility index (Phi) is 6.46. The molecule has 1 aliphatic heterocycles. The first kappa shape index (κ1) is 24.5. The molecule has 0 unspecified atom stereocenters. The van der Waals surface area contributed by atoms with Gasteiger partial charge in [0.2, 0.25) is 10.0 Å². The molecule has 1 fully saturated rings. The Morgan fingerprint density at radius 1 is 1.00 bits per heavy atom. The number of aryl methyl sites for hydroxylation is 2. The number of rotatable bonds is 5. The second-order valence-electron chi connectivity index (χ2n) is 8.18. The molecule has 8 nitrogen and oxygen atoms in total. The van der Waals surface area contributed by atoms with E-state index in [1.807, 2.05) is 43.5 Å². The molecule has 0 saturated carbocycles. The minimum Gasteiger partial charge on any atom is -0.318 e. The van der Waals surface area contributed by atoms with E-state index in [2.05, 4.69) is 5.32 Å². The highest BCUT2D eigenvalue weighted by Gasteiger charge is 2.34. The topological polar surface area (TPSA) is 114 Å². The number of nitrogens with one attached hydrogen (secondary N) is 1. The molecule has 3 N–H and O–H groups in total. The molecule has 0 aliphatic carbocycles. The zero-order chi connectivity index (χ0) is 25.5. The van der Waals surface area contributed by atoms with E-state index >= 15 is 0 Å². The van der Waals surface area contributed by atoms with Gasteiger partial charge in [0.25, 0.3) is 11.8 Å². The fourth-order valence-electron chi connectivity index (χ4n) is 4.04. The van der Waals surface area contributed by atoms with E-state index in [9.17, 15) is 18.0 Å². The number of carbonyl (C=O) groups is 2. The maximum Gasteiger partial charge on any atom is 0.270 e. The van der Waals surface area contributed by atoms with Crippen molar-refractivity contribution >= 4 is 50.9 Å². The highest BCUT2D eigenvalue weighted by atomic mass is 32.2. The van der Waals surface area contributed by atoms with Crippen molar-refractivity contribution in [2.75, 3.05) is 4.90 Å². The monoisotopic (exact) mass is 508 g/mol. The van der Waals surface area contributed by atoms with E-state index in [1.54, 1.807) is 30.3 Å². The zero-order valence-corrected chi connectivity index (χ0v) is 21.0. The van der Waals surface area contributed by atoms with Gasteiger partial charge in [0.05, 0.1) is 10.6 Å². The summed E-state index contributed by atoms with van der Waals surface area (Å²) in [7, 11) is -3.80. The van der Waals surface area contributed by atoms with Crippen LogP contribution in [0, 0.1) is 13.8 Å². The molecule has 0 spiro atoms. The Balaban J connectivity index is 1.72. The van der Waals surface area contributed by atoms with Gasteiger partial charge in [0.15, 0.2) is 5.11 Å². The van der Waals surface area contributed by atoms with Crippen LogP contribution in [0.5, 0.6) is 0 Å². The van der Waals surface area contributed by atoms with Gasteiger partial charge in [-0.05, 0) is 92.2 Å². The predicted octanol–water partition coefficient (Wildman–Crippen LogP) is 3.14. The normalized spacial score (nSPS) is 15.6. The highest BCUT2D eigenvalue weighted by molar-refractivity contribution is 7.89. The predicted molar refractivity (Wildman–Crippen MR) is 139 cm³/mol. The van der Waals surface area contributed by atoms with Crippen molar-refractivity contribution in [1.82, 2.24) is 9.88 Å². The minimum atomic E-state index is -3.80. The summed E-state index contributed by atoms with van der Waals surface area (Å²) in [5.41, 5.74) is 4.65. The summed E-state index contributed by atoms with van der Waals surface area (Å²) in [6.07, 6.45) is 2.41. The Labute approximate surface area is 209 Å². The van der Waals surface area contributed by atoms with E-state index in [0.29, 0.717) is 11.3 Å². The van der Waals surface area contributed by atoms with Gasteiger partial charge < -0.3 is 4.57 Å². The average Bonchev–Trinajstić information content (AvgIpc) is 3.09. The molecular weight excluding hydrogens is 484 g/mol. The van der Waals surface area contributed by atoms with E-state index in [-0.39, 0.29) is 15.6 Å². The summed E-state index contributed by atoms with van der Waals surface area (Å²) in [6.45, 7) is 5.77. The molecule has 0 bridgehead atoms. The lowest BCUT2D eigenvalue weighted by molar-refractivity contribution is -0.122. The van der Waals surface area contributed by atoms with Crippen molar-refractivity contribution in [3.05, 3.63) is 82.7 Å². The number of benzene rings is 2. The van der Waals surface area contributed by atoms with Crippen LogP contribution in [0.25, 0.3) is 11.8 Å². The number of aromatic nitrogens is 1. The molecule has 2 amide bonds. The number of hydrogen-bond donors (Lipinski definition) is 2. The average molecular weight is 509 g/mol.